The van der Waals surface area contributed by atoms with Crippen molar-refractivity contribution in [1.29, 1.82) is 0 Å². The van der Waals surface area contributed by atoms with Crippen LogP contribution in [0.25, 0.3) is 0 Å². The van der Waals surface area contributed by atoms with Gasteiger partial charge in [0.15, 0.2) is 5.78 Å². The molecule has 2 aromatic rings. The highest BCUT2D eigenvalue weighted by atomic mass is 19.1. The highest BCUT2D eigenvalue weighted by Crippen LogP contribution is 2.33. The standard InChI is InChI=1S/C30H37FN4O5/c1-18-16-32-27(21-10-11-21)30(39)35(3)19(2)28(37)34-25(14-20-8-12-23(31)13-9-20)29(38)33-17-24(36)15-22-6-4-5-7-26(22)40-18/h4-9,12-13,18-19,21,25,27,32H,10-11,14-17H2,1-3H3,(H,33,38)(H,34,37). The molecular weight excluding hydrogens is 515 g/mol. The summed E-state index contributed by atoms with van der Waals surface area (Å²) in [5, 5.41) is 8.71. The molecular formula is C30H37FN4O5. The summed E-state index contributed by atoms with van der Waals surface area (Å²) in [4.78, 5) is 54.2. The van der Waals surface area contributed by atoms with Gasteiger partial charge in [-0.15, -0.1) is 0 Å². The van der Waals surface area contributed by atoms with Crippen LogP contribution in [0.3, 0.4) is 0 Å². The molecule has 4 unspecified atom stereocenters. The van der Waals surface area contributed by atoms with Gasteiger partial charge in [-0.1, -0.05) is 30.3 Å². The van der Waals surface area contributed by atoms with E-state index < -0.39 is 35.8 Å². The number of fused-ring (bicyclic) bond motifs is 1. The SMILES string of the molecule is CC1CNC(C2CC2)C(=O)N(C)C(C)C(=O)NC(Cc2ccc(F)cc2)C(=O)NCC(=O)Cc2ccccc2O1. The van der Waals surface area contributed by atoms with Crippen LogP contribution in [0.15, 0.2) is 48.5 Å². The molecule has 2 aromatic carbocycles. The predicted molar refractivity (Wildman–Crippen MR) is 147 cm³/mol. The van der Waals surface area contributed by atoms with E-state index in [2.05, 4.69) is 16.0 Å². The number of hydrogen-bond donors (Lipinski definition) is 3. The molecule has 40 heavy (non-hydrogen) atoms. The topological polar surface area (TPSA) is 117 Å². The molecule has 1 aliphatic heterocycles. The summed E-state index contributed by atoms with van der Waals surface area (Å²) < 4.78 is 19.6. The average molecular weight is 553 g/mol. The minimum absolute atomic E-state index is 0.0522. The number of hydrogen-bond acceptors (Lipinski definition) is 6. The minimum Gasteiger partial charge on any atom is -0.489 e. The van der Waals surface area contributed by atoms with Crippen LogP contribution in [0.2, 0.25) is 0 Å². The van der Waals surface area contributed by atoms with Crippen molar-refractivity contribution in [3.05, 3.63) is 65.5 Å². The molecule has 9 nitrogen and oxygen atoms in total. The molecule has 4 rings (SSSR count). The molecule has 1 saturated carbocycles. The number of carbonyl (C=O) groups is 4. The molecule has 0 saturated heterocycles. The number of nitrogens with one attached hydrogen (secondary N) is 3. The molecule has 3 amide bonds. The van der Waals surface area contributed by atoms with Crippen molar-refractivity contribution in [2.75, 3.05) is 20.1 Å². The largest absolute Gasteiger partial charge is 0.489 e. The number of benzene rings is 2. The Kier molecular flexibility index (Phi) is 9.52. The van der Waals surface area contributed by atoms with Crippen LogP contribution in [0.1, 0.15) is 37.8 Å². The maximum absolute atomic E-state index is 13.5. The zero-order valence-corrected chi connectivity index (χ0v) is 23.1. The van der Waals surface area contributed by atoms with Crippen LogP contribution in [0, 0.1) is 11.7 Å². The van der Waals surface area contributed by atoms with E-state index in [1.54, 1.807) is 26.1 Å². The number of ether oxygens (including phenoxy) is 1. The first kappa shape index (κ1) is 29.2. The lowest BCUT2D eigenvalue weighted by Gasteiger charge is -2.31. The number of likely N-dealkylation sites (N-methyl/N-ethyl adjacent to an activating group) is 1. The van der Waals surface area contributed by atoms with Crippen molar-refractivity contribution in [3.8, 4) is 5.75 Å². The van der Waals surface area contributed by atoms with Gasteiger partial charge in [-0.3, -0.25) is 19.2 Å². The average Bonchev–Trinajstić information content (AvgIpc) is 3.77. The summed E-state index contributed by atoms with van der Waals surface area (Å²) in [7, 11) is 1.58. The molecule has 214 valence electrons. The number of halogens is 1. The van der Waals surface area contributed by atoms with Crippen molar-refractivity contribution < 1.29 is 28.3 Å². The Morgan fingerprint density at radius 3 is 2.38 bits per heavy atom. The van der Waals surface area contributed by atoms with Crippen LogP contribution in [0.5, 0.6) is 5.75 Å². The number of nitrogens with zero attached hydrogens (tertiary/aromatic N) is 1. The number of carbonyl (C=O) groups excluding carboxylic acids is 4. The second-order valence-corrected chi connectivity index (χ2v) is 10.7. The molecule has 4 atom stereocenters. The molecule has 1 fully saturated rings. The summed E-state index contributed by atoms with van der Waals surface area (Å²) in [5.74, 6) is -1.17. The molecule has 0 aromatic heterocycles. The molecule has 10 heteroatoms. The summed E-state index contributed by atoms with van der Waals surface area (Å²) in [6, 6.07) is 10.5. The second kappa shape index (κ2) is 13.0. The van der Waals surface area contributed by atoms with E-state index in [1.165, 1.54) is 29.2 Å². The fraction of sp³-hybridized carbons (Fsp3) is 0.467. The van der Waals surface area contributed by atoms with E-state index in [0.717, 1.165) is 12.8 Å². The lowest BCUT2D eigenvalue weighted by atomic mass is 10.0. The molecule has 0 radical (unpaired) electrons. The highest BCUT2D eigenvalue weighted by molar-refractivity contribution is 5.94. The zero-order valence-electron chi connectivity index (χ0n) is 23.1. The summed E-state index contributed by atoms with van der Waals surface area (Å²) in [6.07, 6.45) is 1.67. The van der Waals surface area contributed by atoms with E-state index >= 15 is 0 Å². The van der Waals surface area contributed by atoms with Gasteiger partial charge in [-0.25, -0.2) is 4.39 Å². The molecule has 2 aliphatic rings. The third-order valence-corrected chi connectivity index (χ3v) is 7.43. The maximum atomic E-state index is 13.5. The van der Waals surface area contributed by atoms with Crippen LogP contribution in [-0.2, 0) is 32.0 Å². The summed E-state index contributed by atoms with van der Waals surface area (Å²) in [5.41, 5.74) is 1.32. The van der Waals surface area contributed by atoms with Gasteiger partial charge < -0.3 is 25.6 Å². The lowest BCUT2D eigenvalue weighted by molar-refractivity contribution is -0.141. The number of para-hydroxylation sites is 1. The van der Waals surface area contributed by atoms with Crippen molar-refractivity contribution in [1.82, 2.24) is 20.9 Å². The molecule has 3 N–H and O–H groups in total. The van der Waals surface area contributed by atoms with Crippen molar-refractivity contribution in [2.45, 2.75) is 63.8 Å². The first-order chi connectivity index (χ1) is 19.1. The smallest absolute Gasteiger partial charge is 0.243 e. The Labute approximate surface area is 233 Å². The van der Waals surface area contributed by atoms with E-state index in [4.69, 9.17) is 4.74 Å². The van der Waals surface area contributed by atoms with Crippen LogP contribution in [-0.4, -0.2) is 72.8 Å². The van der Waals surface area contributed by atoms with Crippen molar-refractivity contribution in [3.63, 3.8) is 0 Å². The van der Waals surface area contributed by atoms with Gasteiger partial charge in [0.1, 0.15) is 29.8 Å². The lowest BCUT2D eigenvalue weighted by Crippen LogP contribution is -2.57. The molecule has 1 aliphatic carbocycles. The maximum Gasteiger partial charge on any atom is 0.243 e. The van der Waals surface area contributed by atoms with Crippen molar-refractivity contribution >= 4 is 23.5 Å². The Hall–Kier alpha value is -3.79. The number of amides is 3. The predicted octanol–water partition coefficient (Wildman–Crippen LogP) is 1.78. The number of rotatable bonds is 3. The Balaban J connectivity index is 1.60. The highest BCUT2D eigenvalue weighted by Gasteiger charge is 2.39. The monoisotopic (exact) mass is 552 g/mol. The van der Waals surface area contributed by atoms with E-state index in [0.29, 0.717) is 23.4 Å². The van der Waals surface area contributed by atoms with Gasteiger partial charge in [-0.2, -0.15) is 0 Å². The van der Waals surface area contributed by atoms with Crippen molar-refractivity contribution in [2.24, 2.45) is 5.92 Å². The Bertz CT molecular complexity index is 1230. The van der Waals surface area contributed by atoms with Gasteiger partial charge in [0.25, 0.3) is 0 Å². The number of Topliss-reactive ketones (excluding diaryl/α,β-unsaturated/α-hetero) is 1. The third-order valence-electron chi connectivity index (χ3n) is 7.43. The van der Waals surface area contributed by atoms with Gasteiger partial charge in [0.2, 0.25) is 17.7 Å². The molecule has 1 heterocycles. The molecule has 0 bridgehead atoms. The van der Waals surface area contributed by atoms with Crippen LogP contribution in [0.4, 0.5) is 4.39 Å². The van der Waals surface area contributed by atoms with Crippen LogP contribution >= 0.6 is 0 Å². The summed E-state index contributed by atoms with van der Waals surface area (Å²) >= 11 is 0. The van der Waals surface area contributed by atoms with Gasteiger partial charge in [0.05, 0.1) is 12.6 Å². The van der Waals surface area contributed by atoms with Crippen LogP contribution < -0.4 is 20.7 Å². The normalized spacial score (nSPS) is 25.6. The second-order valence-electron chi connectivity index (χ2n) is 10.7. The zero-order chi connectivity index (χ0) is 28.8. The quantitative estimate of drug-likeness (QED) is 0.535. The first-order valence-corrected chi connectivity index (χ1v) is 13.7. The molecule has 0 spiro atoms. The first-order valence-electron chi connectivity index (χ1n) is 13.7. The van der Waals surface area contributed by atoms with E-state index in [1.807, 2.05) is 19.1 Å². The van der Waals surface area contributed by atoms with E-state index in [-0.39, 0.29) is 43.1 Å². The fourth-order valence-electron chi connectivity index (χ4n) is 4.73. The van der Waals surface area contributed by atoms with Gasteiger partial charge in [-0.05, 0) is 56.4 Å². The van der Waals surface area contributed by atoms with Gasteiger partial charge >= 0.3 is 0 Å². The Morgan fingerprint density at radius 1 is 0.975 bits per heavy atom. The minimum atomic E-state index is -1.04. The third kappa shape index (κ3) is 7.65. The Morgan fingerprint density at radius 2 is 1.68 bits per heavy atom. The number of ketones is 1. The van der Waals surface area contributed by atoms with E-state index in [9.17, 15) is 23.6 Å². The fourth-order valence-corrected chi connectivity index (χ4v) is 4.73. The van der Waals surface area contributed by atoms with Gasteiger partial charge in [0, 0.05) is 32.0 Å². The summed E-state index contributed by atoms with van der Waals surface area (Å²) in [6.45, 7) is 3.66.